The Morgan fingerprint density at radius 1 is 1.16 bits per heavy atom. The van der Waals surface area contributed by atoms with Crippen LogP contribution in [0.4, 0.5) is 0 Å². The van der Waals surface area contributed by atoms with Crippen LogP contribution in [0.2, 0.25) is 0 Å². The van der Waals surface area contributed by atoms with E-state index in [1.807, 2.05) is 42.5 Å². The lowest BCUT2D eigenvalue weighted by Crippen LogP contribution is -2.08. The predicted molar refractivity (Wildman–Crippen MR) is 80.0 cm³/mol. The minimum absolute atomic E-state index is 0.377. The summed E-state index contributed by atoms with van der Waals surface area (Å²) in [4.78, 5) is 11.6. The zero-order valence-electron chi connectivity index (χ0n) is 10.5. The van der Waals surface area contributed by atoms with E-state index < -0.39 is 5.97 Å². The Bertz CT molecular complexity index is 618. The first-order valence-corrected chi connectivity index (χ1v) is 6.60. The molecule has 3 heteroatoms. The van der Waals surface area contributed by atoms with Gasteiger partial charge >= 0.3 is 5.97 Å². The van der Waals surface area contributed by atoms with E-state index in [4.69, 9.17) is 4.74 Å². The molecule has 19 heavy (non-hydrogen) atoms. The van der Waals surface area contributed by atoms with Crippen LogP contribution in [0.1, 0.15) is 6.92 Å². The molecular formula is C16H13BrO2. The summed E-state index contributed by atoms with van der Waals surface area (Å²) in [5.41, 5.74) is 2.24. The normalized spacial score (nSPS) is 10.0. The van der Waals surface area contributed by atoms with Gasteiger partial charge in [0.15, 0.2) is 0 Å². The number of esters is 1. The summed E-state index contributed by atoms with van der Waals surface area (Å²) in [6.45, 7) is 5.22. The second-order valence-corrected chi connectivity index (χ2v) is 5.09. The van der Waals surface area contributed by atoms with Crippen LogP contribution in [0.5, 0.6) is 5.75 Å². The molecule has 0 aromatic heterocycles. The summed E-state index contributed by atoms with van der Waals surface area (Å²) in [6, 6.07) is 15.3. The number of hydrogen-bond donors (Lipinski definition) is 0. The molecule has 2 aromatic carbocycles. The second kappa shape index (κ2) is 5.85. The number of carbonyl (C=O) groups is 1. The Hall–Kier alpha value is -1.87. The third-order valence-corrected chi connectivity index (χ3v) is 3.07. The van der Waals surface area contributed by atoms with Gasteiger partial charge in [-0.25, -0.2) is 4.79 Å². The van der Waals surface area contributed by atoms with Gasteiger partial charge in [-0.05, 0) is 30.7 Å². The molecule has 0 unspecified atom stereocenters. The van der Waals surface area contributed by atoms with E-state index in [2.05, 4.69) is 22.5 Å². The van der Waals surface area contributed by atoms with E-state index in [-0.39, 0.29) is 0 Å². The van der Waals surface area contributed by atoms with E-state index in [1.54, 1.807) is 13.0 Å². The van der Waals surface area contributed by atoms with Gasteiger partial charge in [0.1, 0.15) is 5.75 Å². The molecule has 0 spiro atoms. The van der Waals surface area contributed by atoms with Crippen LogP contribution in [-0.4, -0.2) is 5.97 Å². The minimum Gasteiger partial charge on any atom is -0.423 e. The summed E-state index contributed by atoms with van der Waals surface area (Å²) >= 11 is 3.43. The van der Waals surface area contributed by atoms with Crippen molar-refractivity contribution in [2.24, 2.45) is 0 Å². The topological polar surface area (TPSA) is 26.3 Å². The van der Waals surface area contributed by atoms with Crippen molar-refractivity contribution < 1.29 is 9.53 Å². The first-order valence-electron chi connectivity index (χ1n) is 5.80. The molecule has 0 saturated carbocycles. The summed E-state index contributed by atoms with van der Waals surface area (Å²) < 4.78 is 6.29. The number of benzene rings is 2. The fourth-order valence-corrected chi connectivity index (χ4v) is 1.98. The van der Waals surface area contributed by atoms with Gasteiger partial charge in [-0.1, -0.05) is 52.8 Å². The summed E-state index contributed by atoms with van der Waals surface area (Å²) in [5.74, 6) is 0.113. The quantitative estimate of drug-likeness (QED) is 0.470. The van der Waals surface area contributed by atoms with Crippen molar-refractivity contribution in [2.75, 3.05) is 0 Å². The maximum Gasteiger partial charge on any atom is 0.338 e. The summed E-state index contributed by atoms with van der Waals surface area (Å²) in [7, 11) is 0. The molecule has 0 N–H and O–H groups in total. The molecule has 0 atom stereocenters. The third-order valence-electron chi connectivity index (χ3n) is 2.58. The van der Waals surface area contributed by atoms with Gasteiger partial charge < -0.3 is 4.74 Å². The molecule has 2 rings (SSSR count). The molecule has 0 aliphatic heterocycles. The van der Waals surface area contributed by atoms with Gasteiger partial charge in [0, 0.05) is 15.6 Å². The van der Waals surface area contributed by atoms with Crippen LogP contribution >= 0.6 is 15.9 Å². The highest BCUT2D eigenvalue weighted by Gasteiger charge is 2.11. The fraction of sp³-hybridized carbons (Fsp3) is 0.0625. The number of hydrogen-bond acceptors (Lipinski definition) is 2. The molecule has 2 aromatic rings. The first kappa shape index (κ1) is 13.6. The lowest BCUT2D eigenvalue weighted by Gasteiger charge is -2.10. The SMILES string of the molecule is C=C(C)C(=O)Oc1ccc(Br)cc1-c1ccccc1. The standard InChI is InChI=1S/C16H13BrO2/c1-11(2)16(18)19-15-9-8-13(17)10-14(15)12-6-4-3-5-7-12/h3-10H,1H2,2H3. The van der Waals surface area contributed by atoms with Gasteiger partial charge in [0.2, 0.25) is 0 Å². The summed E-state index contributed by atoms with van der Waals surface area (Å²) in [5, 5.41) is 0. The number of ether oxygens (including phenoxy) is 1. The fourth-order valence-electron chi connectivity index (χ4n) is 1.62. The largest absolute Gasteiger partial charge is 0.423 e. The smallest absolute Gasteiger partial charge is 0.338 e. The van der Waals surface area contributed by atoms with E-state index in [0.29, 0.717) is 11.3 Å². The Labute approximate surface area is 120 Å². The Kier molecular flexibility index (Phi) is 4.17. The molecule has 0 aliphatic rings. The number of carbonyl (C=O) groups excluding carboxylic acids is 1. The molecular weight excluding hydrogens is 304 g/mol. The second-order valence-electron chi connectivity index (χ2n) is 4.18. The van der Waals surface area contributed by atoms with Crippen molar-refractivity contribution >= 4 is 21.9 Å². The zero-order chi connectivity index (χ0) is 13.8. The van der Waals surface area contributed by atoms with Gasteiger partial charge in [0.05, 0.1) is 0 Å². The molecule has 96 valence electrons. The lowest BCUT2D eigenvalue weighted by atomic mass is 10.0. The van der Waals surface area contributed by atoms with Gasteiger partial charge in [-0.15, -0.1) is 0 Å². The Morgan fingerprint density at radius 3 is 2.47 bits per heavy atom. The van der Waals surface area contributed by atoms with E-state index in [9.17, 15) is 4.79 Å². The molecule has 0 aliphatic carbocycles. The molecule has 0 radical (unpaired) electrons. The van der Waals surface area contributed by atoms with Crippen LogP contribution in [-0.2, 0) is 4.79 Å². The van der Waals surface area contributed by atoms with E-state index in [0.717, 1.165) is 15.6 Å². The zero-order valence-corrected chi connectivity index (χ0v) is 12.1. The maximum atomic E-state index is 11.6. The van der Waals surface area contributed by atoms with E-state index in [1.165, 1.54) is 0 Å². The van der Waals surface area contributed by atoms with Crippen LogP contribution in [0.15, 0.2) is 65.2 Å². The number of rotatable bonds is 3. The maximum absolute atomic E-state index is 11.6. The van der Waals surface area contributed by atoms with Crippen LogP contribution in [0.25, 0.3) is 11.1 Å². The number of halogens is 1. The highest BCUT2D eigenvalue weighted by molar-refractivity contribution is 9.10. The third kappa shape index (κ3) is 3.32. The van der Waals surface area contributed by atoms with Crippen molar-refractivity contribution in [1.82, 2.24) is 0 Å². The first-order chi connectivity index (χ1) is 9.08. The molecule has 0 bridgehead atoms. The molecule has 2 nitrogen and oxygen atoms in total. The van der Waals surface area contributed by atoms with Crippen LogP contribution < -0.4 is 4.74 Å². The highest BCUT2D eigenvalue weighted by atomic mass is 79.9. The van der Waals surface area contributed by atoms with Crippen molar-refractivity contribution in [1.29, 1.82) is 0 Å². The van der Waals surface area contributed by atoms with Crippen molar-refractivity contribution in [3.63, 3.8) is 0 Å². The predicted octanol–water partition coefficient (Wildman–Crippen LogP) is 4.60. The molecule has 0 fully saturated rings. The lowest BCUT2D eigenvalue weighted by molar-refractivity contribution is -0.130. The van der Waals surface area contributed by atoms with Gasteiger partial charge in [-0.3, -0.25) is 0 Å². The molecule has 0 amide bonds. The average molecular weight is 317 g/mol. The minimum atomic E-state index is -0.417. The Morgan fingerprint density at radius 2 is 1.84 bits per heavy atom. The molecule has 0 saturated heterocycles. The highest BCUT2D eigenvalue weighted by Crippen LogP contribution is 2.33. The summed E-state index contributed by atoms with van der Waals surface area (Å²) in [6.07, 6.45) is 0. The van der Waals surface area contributed by atoms with Gasteiger partial charge in [0.25, 0.3) is 0 Å². The monoisotopic (exact) mass is 316 g/mol. The van der Waals surface area contributed by atoms with Crippen molar-refractivity contribution in [3.8, 4) is 16.9 Å². The average Bonchev–Trinajstić information content (AvgIpc) is 2.41. The van der Waals surface area contributed by atoms with Gasteiger partial charge in [-0.2, -0.15) is 0 Å². The Balaban J connectivity index is 2.45. The van der Waals surface area contributed by atoms with Crippen LogP contribution in [0.3, 0.4) is 0 Å². The van der Waals surface area contributed by atoms with E-state index >= 15 is 0 Å². The molecule has 0 heterocycles. The van der Waals surface area contributed by atoms with Crippen molar-refractivity contribution in [3.05, 3.63) is 65.2 Å². The van der Waals surface area contributed by atoms with Crippen molar-refractivity contribution in [2.45, 2.75) is 6.92 Å². The van der Waals surface area contributed by atoms with Crippen LogP contribution in [0, 0.1) is 0 Å².